The Morgan fingerprint density at radius 1 is 1.10 bits per heavy atom. The van der Waals surface area contributed by atoms with Crippen LogP contribution in [0.1, 0.15) is 29.3 Å². The third-order valence-electron chi connectivity index (χ3n) is 7.52. The van der Waals surface area contributed by atoms with Gasteiger partial charge in [0.1, 0.15) is 17.5 Å². The number of hydroxylamine groups is 2. The fraction of sp³-hybridized carbons (Fsp3) is 0.290. The number of pyridine rings is 2. The molecule has 9 nitrogen and oxygen atoms in total. The van der Waals surface area contributed by atoms with Crippen molar-refractivity contribution in [1.29, 1.82) is 0 Å². The Morgan fingerprint density at radius 3 is 2.76 bits per heavy atom. The molecule has 0 amide bonds. The van der Waals surface area contributed by atoms with Crippen molar-refractivity contribution in [3.8, 4) is 16.9 Å². The van der Waals surface area contributed by atoms with Gasteiger partial charge in [0, 0.05) is 69.3 Å². The van der Waals surface area contributed by atoms with Crippen LogP contribution in [0.4, 0.5) is 4.39 Å². The van der Waals surface area contributed by atoms with Crippen LogP contribution in [0.5, 0.6) is 0 Å². The number of benzene rings is 1. The van der Waals surface area contributed by atoms with Crippen LogP contribution in [-0.2, 0) is 20.8 Å². The van der Waals surface area contributed by atoms with Gasteiger partial charge in [-0.05, 0) is 54.4 Å². The number of carbonyl (C=O) groups excluding carboxylic acids is 1. The number of methoxy groups -OCH3 is 1. The molecule has 6 rings (SSSR count). The van der Waals surface area contributed by atoms with E-state index in [9.17, 15) is 9.18 Å². The molecular formula is C31H31FN6O3. The van der Waals surface area contributed by atoms with Crippen LogP contribution >= 0.6 is 0 Å². The van der Waals surface area contributed by atoms with Crippen molar-refractivity contribution in [2.45, 2.75) is 25.9 Å². The summed E-state index contributed by atoms with van der Waals surface area (Å²) in [6, 6.07) is 16.9. The lowest BCUT2D eigenvalue weighted by Gasteiger charge is -2.17. The van der Waals surface area contributed by atoms with Gasteiger partial charge in [-0.25, -0.2) is 14.6 Å². The molecular weight excluding hydrogens is 523 g/mol. The summed E-state index contributed by atoms with van der Waals surface area (Å²) < 4.78 is 23.0. The number of hydrogen-bond acceptors (Lipinski definition) is 7. The van der Waals surface area contributed by atoms with Gasteiger partial charge >= 0.3 is 0 Å². The van der Waals surface area contributed by atoms with Crippen molar-refractivity contribution in [2.75, 3.05) is 26.8 Å². The van der Waals surface area contributed by atoms with E-state index >= 15 is 0 Å². The van der Waals surface area contributed by atoms with E-state index in [-0.39, 0.29) is 24.5 Å². The first-order valence-electron chi connectivity index (χ1n) is 13.6. The molecule has 4 aromatic heterocycles. The van der Waals surface area contributed by atoms with Gasteiger partial charge in [0.15, 0.2) is 0 Å². The van der Waals surface area contributed by atoms with Gasteiger partial charge in [0.05, 0.1) is 23.7 Å². The normalized spacial score (nSPS) is 17.4. The van der Waals surface area contributed by atoms with Gasteiger partial charge in [-0.15, -0.1) is 0 Å². The number of fused-ring (bicyclic) bond motifs is 1. The molecule has 1 aliphatic heterocycles. The molecule has 0 bridgehead atoms. The minimum Gasteiger partial charge on any atom is -0.383 e. The quantitative estimate of drug-likeness (QED) is 0.230. The molecule has 0 N–H and O–H groups in total. The molecule has 41 heavy (non-hydrogen) atoms. The zero-order valence-corrected chi connectivity index (χ0v) is 23.0. The Labute approximate surface area is 237 Å². The second-order valence-electron chi connectivity index (χ2n) is 10.3. The minimum absolute atomic E-state index is 0.0576. The van der Waals surface area contributed by atoms with Gasteiger partial charge < -0.3 is 9.14 Å². The van der Waals surface area contributed by atoms with E-state index in [1.165, 1.54) is 12.3 Å². The molecule has 210 valence electrons. The molecule has 1 saturated heterocycles. The number of rotatable bonds is 10. The topological polar surface area (TPSA) is 86.8 Å². The lowest BCUT2D eigenvalue weighted by Crippen LogP contribution is -2.24. The Hall–Kier alpha value is -4.25. The average Bonchev–Trinajstić information content (AvgIpc) is 3.70. The van der Waals surface area contributed by atoms with Crippen LogP contribution in [0.2, 0.25) is 0 Å². The van der Waals surface area contributed by atoms with Gasteiger partial charge in [-0.2, -0.15) is 14.6 Å². The Morgan fingerprint density at radius 2 is 1.95 bits per heavy atom. The highest BCUT2D eigenvalue weighted by Crippen LogP contribution is 2.37. The fourth-order valence-corrected chi connectivity index (χ4v) is 5.49. The molecule has 0 aliphatic carbocycles. The van der Waals surface area contributed by atoms with Crippen LogP contribution in [-0.4, -0.2) is 61.8 Å². The smallest absolute Gasteiger partial charge is 0.213 e. The largest absolute Gasteiger partial charge is 0.383 e. The predicted octanol–water partition coefficient (Wildman–Crippen LogP) is 4.78. The maximum Gasteiger partial charge on any atom is 0.213 e. The van der Waals surface area contributed by atoms with Gasteiger partial charge in [0.2, 0.25) is 5.95 Å². The van der Waals surface area contributed by atoms with Crippen molar-refractivity contribution < 1.29 is 18.8 Å². The number of nitrogens with zero attached hydrogens (tertiary/aromatic N) is 6. The Kier molecular flexibility index (Phi) is 7.69. The Bertz CT molecular complexity index is 1670. The lowest BCUT2D eigenvalue weighted by molar-refractivity contribution is -0.155. The highest BCUT2D eigenvalue weighted by Gasteiger charge is 2.37. The van der Waals surface area contributed by atoms with E-state index in [4.69, 9.17) is 14.7 Å². The predicted molar refractivity (Wildman–Crippen MR) is 151 cm³/mol. The average molecular weight is 555 g/mol. The first-order chi connectivity index (χ1) is 20.0. The number of aromatic nitrogens is 5. The number of halogens is 1. The summed E-state index contributed by atoms with van der Waals surface area (Å²) in [5, 5.41) is 6.78. The summed E-state index contributed by atoms with van der Waals surface area (Å²) in [7, 11) is 1.63. The number of hydrogen-bond donors (Lipinski definition) is 0. The molecule has 1 aromatic carbocycles. The standard InChI is InChI=1S/C31H31FN6O3/c1-21-27(19-26(39)16-24-20-37(14-15-40-2)41-31(24)23-8-10-33-28(32)17-23)38(25-6-4-3-5-7-25)35-30(21)22-9-12-36-13-11-34-29(36)18-22/h3-13,17-18,24,31H,14-16,19-20H2,1-2H3/t24-,31+/m1/s1. The van der Waals surface area contributed by atoms with Crippen LogP contribution < -0.4 is 0 Å². The van der Waals surface area contributed by atoms with Gasteiger partial charge in [0.25, 0.3) is 0 Å². The van der Waals surface area contributed by atoms with Crippen molar-refractivity contribution in [2.24, 2.45) is 5.92 Å². The monoisotopic (exact) mass is 554 g/mol. The van der Waals surface area contributed by atoms with Crippen molar-refractivity contribution in [3.05, 3.63) is 102 Å². The molecule has 5 heterocycles. The van der Waals surface area contributed by atoms with Gasteiger partial charge in [-0.3, -0.25) is 9.63 Å². The highest BCUT2D eigenvalue weighted by molar-refractivity contribution is 5.82. The molecule has 2 atom stereocenters. The van der Waals surface area contributed by atoms with E-state index in [0.29, 0.717) is 25.3 Å². The Balaban J connectivity index is 1.29. The second-order valence-corrected chi connectivity index (χ2v) is 10.3. The lowest BCUT2D eigenvalue weighted by atomic mass is 9.91. The zero-order chi connectivity index (χ0) is 28.3. The van der Waals surface area contributed by atoms with Crippen LogP contribution in [0.15, 0.2) is 79.4 Å². The van der Waals surface area contributed by atoms with E-state index in [0.717, 1.165) is 33.8 Å². The number of carbonyl (C=O) groups is 1. The SMILES string of the molecule is COCCN1C[C@@H](CC(=O)Cc2c(C)c(-c3ccn4ccnc4c3)nn2-c2ccccc2)[C@H](c2ccnc(F)c2)O1. The van der Waals surface area contributed by atoms with E-state index in [1.54, 1.807) is 24.4 Å². The summed E-state index contributed by atoms with van der Waals surface area (Å²) in [6.45, 7) is 3.58. The molecule has 5 aromatic rings. The number of ketones is 1. The van der Waals surface area contributed by atoms with Crippen molar-refractivity contribution in [1.82, 2.24) is 29.2 Å². The summed E-state index contributed by atoms with van der Waals surface area (Å²) in [5.74, 6) is -0.672. The summed E-state index contributed by atoms with van der Waals surface area (Å²) in [4.78, 5) is 28.0. The maximum atomic E-state index is 14.0. The molecule has 10 heteroatoms. The molecule has 1 aliphatic rings. The summed E-state index contributed by atoms with van der Waals surface area (Å²) >= 11 is 0. The first kappa shape index (κ1) is 26.9. The molecule has 1 fully saturated rings. The van der Waals surface area contributed by atoms with Gasteiger partial charge in [-0.1, -0.05) is 18.2 Å². The number of imidazole rings is 1. The molecule has 0 unspecified atom stereocenters. The van der Waals surface area contributed by atoms with E-state index in [1.807, 2.05) is 70.9 Å². The first-order valence-corrected chi connectivity index (χ1v) is 13.6. The molecule has 0 radical (unpaired) electrons. The fourth-order valence-electron chi connectivity index (χ4n) is 5.49. The molecule has 0 saturated carbocycles. The van der Waals surface area contributed by atoms with Crippen LogP contribution in [0.3, 0.4) is 0 Å². The second kappa shape index (κ2) is 11.7. The van der Waals surface area contributed by atoms with Crippen LogP contribution in [0, 0.1) is 18.8 Å². The third kappa shape index (κ3) is 5.67. The summed E-state index contributed by atoms with van der Waals surface area (Å²) in [5.41, 5.74) is 5.89. The zero-order valence-electron chi connectivity index (χ0n) is 23.0. The van der Waals surface area contributed by atoms with E-state index in [2.05, 4.69) is 9.97 Å². The van der Waals surface area contributed by atoms with Crippen molar-refractivity contribution >= 4 is 11.4 Å². The maximum absolute atomic E-state index is 14.0. The number of para-hydroxylation sites is 1. The summed E-state index contributed by atoms with van der Waals surface area (Å²) in [6.07, 6.45) is 7.06. The van der Waals surface area contributed by atoms with E-state index < -0.39 is 12.1 Å². The number of Topliss-reactive ketones (excluding diaryl/α,β-unsaturated/α-hetero) is 1. The van der Waals surface area contributed by atoms with Crippen LogP contribution in [0.25, 0.3) is 22.6 Å². The minimum atomic E-state index is -0.574. The number of ether oxygens (including phenoxy) is 1. The third-order valence-corrected chi connectivity index (χ3v) is 7.52. The van der Waals surface area contributed by atoms with Crippen molar-refractivity contribution in [3.63, 3.8) is 0 Å². The molecule has 0 spiro atoms. The highest BCUT2D eigenvalue weighted by atomic mass is 19.1.